The van der Waals surface area contributed by atoms with Crippen molar-refractivity contribution in [2.45, 2.75) is 24.8 Å². The summed E-state index contributed by atoms with van der Waals surface area (Å²) >= 11 is 0. The number of carboxylic acids is 1. The molecule has 28 heavy (non-hydrogen) atoms. The summed E-state index contributed by atoms with van der Waals surface area (Å²) in [6, 6.07) is 9.14. The summed E-state index contributed by atoms with van der Waals surface area (Å²) in [4.78, 5) is 15.5. The summed E-state index contributed by atoms with van der Waals surface area (Å²) in [5, 5.41) is 9.16. The van der Waals surface area contributed by atoms with Crippen molar-refractivity contribution in [1.29, 1.82) is 0 Å². The third-order valence-corrected chi connectivity index (χ3v) is 5.35. The molecule has 9 heteroatoms. The number of sulfonamides is 1. The predicted octanol–water partition coefficient (Wildman–Crippen LogP) is 3.48. The molecule has 3 rings (SSSR count). The Morgan fingerprint density at radius 1 is 1.25 bits per heavy atom. The largest absolute Gasteiger partial charge is 0.480 e. The summed E-state index contributed by atoms with van der Waals surface area (Å²) < 4.78 is 41.9. The Morgan fingerprint density at radius 3 is 2.61 bits per heavy atom. The molecule has 0 saturated heterocycles. The van der Waals surface area contributed by atoms with Crippen LogP contribution in [0.3, 0.4) is 0 Å². The number of nitrogens with zero attached hydrogens (tertiary/aromatic N) is 2. The Kier molecular flexibility index (Phi) is 5.46. The first kappa shape index (κ1) is 19.6. The molecule has 0 amide bonds. The Bertz CT molecular complexity index is 1150. The third-order valence-electron chi connectivity index (χ3n) is 3.95. The van der Waals surface area contributed by atoms with Gasteiger partial charge in [0.25, 0.3) is 10.0 Å². The average molecular weight is 403 g/mol. The van der Waals surface area contributed by atoms with E-state index in [-0.39, 0.29) is 17.1 Å². The maximum Gasteiger partial charge on any atom is 0.323 e. The van der Waals surface area contributed by atoms with Crippen molar-refractivity contribution in [2.24, 2.45) is 0 Å². The number of aromatic nitrogens is 2. The van der Waals surface area contributed by atoms with Gasteiger partial charge in [0.2, 0.25) is 0 Å². The second-order valence-electron chi connectivity index (χ2n) is 6.02. The molecule has 2 aromatic carbocycles. The number of allylic oxidation sites excluding steroid dienone is 1. The van der Waals surface area contributed by atoms with Gasteiger partial charge >= 0.3 is 5.97 Å². The van der Waals surface area contributed by atoms with Crippen LogP contribution in [0.5, 0.6) is 0 Å². The fourth-order valence-corrected chi connectivity index (χ4v) is 3.74. The Labute approximate surface area is 161 Å². The molecule has 0 atom stereocenters. The molecule has 0 saturated carbocycles. The highest BCUT2D eigenvalue weighted by Gasteiger charge is 2.16. The number of aliphatic carboxylic acids is 1. The Balaban J connectivity index is 1.98. The lowest BCUT2D eigenvalue weighted by Crippen LogP contribution is -2.13. The fraction of sp³-hybridized carbons (Fsp3) is 0.158. The number of hydrogen-bond acceptors (Lipinski definition) is 4. The maximum atomic E-state index is 13.0. The number of rotatable bonds is 7. The van der Waals surface area contributed by atoms with Crippen LogP contribution < -0.4 is 4.72 Å². The molecule has 0 spiro atoms. The highest BCUT2D eigenvalue weighted by molar-refractivity contribution is 7.92. The van der Waals surface area contributed by atoms with Crippen LogP contribution in [0.15, 0.2) is 53.4 Å². The minimum absolute atomic E-state index is 0.0722. The lowest BCUT2D eigenvalue weighted by Gasteiger charge is -2.08. The molecule has 3 aromatic rings. The van der Waals surface area contributed by atoms with Crippen LogP contribution in [-0.2, 0) is 21.4 Å². The number of fused-ring (bicyclic) bond motifs is 1. The summed E-state index contributed by atoms with van der Waals surface area (Å²) in [6.07, 6.45) is 4.35. The lowest BCUT2D eigenvalue weighted by atomic mass is 10.3. The molecule has 1 aromatic heterocycles. The maximum absolute atomic E-state index is 13.0. The smallest absolute Gasteiger partial charge is 0.323 e. The monoisotopic (exact) mass is 403 g/mol. The second-order valence-corrected chi connectivity index (χ2v) is 7.71. The van der Waals surface area contributed by atoms with Gasteiger partial charge in [0.05, 0.1) is 21.6 Å². The van der Waals surface area contributed by atoms with E-state index >= 15 is 0 Å². The van der Waals surface area contributed by atoms with E-state index in [4.69, 9.17) is 5.11 Å². The molecular formula is C19H18FN3O4S. The van der Waals surface area contributed by atoms with E-state index in [1.54, 1.807) is 16.7 Å². The van der Waals surface area contributed by atoms with Crippen molar-refractivity contribution >= 4 is 38.8 Å². The van der Waals surface area contributed by atoms with Gasteiger partial charge in [-0.1, -0.05) is 13.0 Å². The Hall–Kier alpha value is -3.20. The number of benzene rings is 2. The normalized spacial score (nSPS) is 11.9. The van der Waals surface area contributed by atoms with Crippen LogP contribution in [0.25, 0.3) is 17.1 Å². The van der Waals surface area contributed by atoms with Gasteiger partial charge < -0.3 is 9.67 Å². The molecule has 0 fully saturated rings. The quantitative estimate of drug-likeness (QED) is 0.629. The molecule has 1 heterocycles. The highest BCUT2D eigenvalue weighted by Crippen LogP contribution is 2.24. The van der Waals surface area contributed by atoms with Crippen LogP contribution in [0.1, 0.15) is 19.2 Å². The minimum Gasteiger partial charge on any atom is -0.480 e. The number of carbonyl (C=O) groups is 1. The van der Waals surface area contributed by atoms with Crippen molar-refractivity contribution in [3.8, 4) is 0 Å². The van der Waals surface area contributed by atoms with E-state index in [9.17, 15) is 17.6 Å². The van der Waals surface area contributed by atoms with Gasteiger partial charge in [0, 0.05) is 0 Å². The molecule has 146 valence electrons. The van der Waals surface area contributed by atoms with E-state index in [1.807, 2.05) is 13.0 Å². The number of nitrogens with one attached hydrogen (secondary N) is 1. The van der Waals surface area contributed by atoms with E-state index < -0.39 is 21.8 Å². The zero-order valence-electron chi connectivity index (χ0n) is 15.0. The molecule has 7 nitrogen and oxygen atoms in total. The molecule has 0 aliphatic carbocycles. The number of hydrogen-bond donors (Lipinski definition) is 2. The molecule has 0 radical (unpaired) electrons. The second kappa shape index (κ2) is 7.81. The van der Waals surface area contributed by atoms with E-state index in [1.165, 1.54) is 24.3 Å². The zero-order chi connectivity index (χ0) is 20.3. The fourth-order valence-electron chi connectivity index (χ4n) is 2.69. The van der Waals surface area contributed by atoms with Crippen LogP contribution in [0.2, 0.25) is 0 Å². The van der Waals surface area contributed by atoms with Crippen molar-refractivity contribution < 1.29 is 22.7 Å². The van der Waals surface area contributed by atoms with E-state index in [0.29, 0.717) is 16.9 Å². The molecule has 2 N–H and O–H groups in total. The lowest BCUT2D eigenvalue weighted by molar-refractivity contribution is -0.137. The standard InChI is InChI=1S/C19H18FN3O4S/c1-2-3-4-18-21-16-11-14(7-10-17(16)23(18)12-19(24)25)22-28(26,27)15-8-5-13(20)6-9-15/h3-11,22H,2,12H2,1H3,(H,24,25). The summed E-state index contributed by atoms with van der Waals surface area (Å²) in [7, 11) is -3.89. The summed E-state index contributed by atoms with van der Waals surface area (Å²) in [5.41, 5.74) is 1.29. The summed E-state index contributed by atoms with van der Waals surface area (Å²) in [6.45, 7) is 1.68. The van der Waals surface area contributed by atoms with Crippen molar-refractivity contribution in [1.82, 2.24) is 9.55 Å². The topological polar surface area (TPSA) is 101 Å². The SMILES string of the molecule is CCC=Cc1nc2cc(NS(=O)(=O)c3ccc(F)cc3)ccc2n1CC(=O)O. The molecule has 0 aliphatic rings. The molecular weight excluding hydrogens is 385 g/mol. The predicted molar refractivity (Wildman–Crippen MR) is 104 cm³/mol. The Morgan fingerprint density at radius 2 is 1.96 bits per heavy atom. The highest BCUT2D eigenvalue weighted by atomic mass is 32.2. The number of imidazole rings is 1. The van der Waals surface area contributed by atoms with Gasteiger partial charge in [0.1, 0.15) is 18.2 Å². The number of anilines is 1. The summed E-state index contributed by atoms with van der Waals surface area (Å²) in [5.74, 6) is -1.07. The molecule has 0 unspecified atom stereocenters. The van der Waals surface area contributed by atoms with Gasteiger partial charge in [0.15, 0.2) is 0 Å². The van der Waals surface area contributed by atoms with Gasteiger partial charge in [-0.15, -0.1) is 0 Å². The van der Waals surface area contributed by atoms with Crippen molar-refractivity contribution in [2.75, 3.05) is 4.72 Å². The van der Waals surface area contributed by atoms with Crippen LogP contribution in [-0.4, -0.2) is 29.0 Å². The van der Waals surface area contributed by atoms with Gasteiger partial charge in [-0.25, -0.2) is 17.8 Å². The van der Waals surface area contributed by atoms with Crippen molar-refractivity contribution in [3.05, 3.63) is 60.2 Å². The van der Waals surface area contributed by atoms with Gasteiger partial charge in [-0.05, 0) is 55.0 Å². The molecule has 0 bridgehead atoms. The molecule has 0 aliphatic heterocycles. The zero-order valence-corrected chi connectivity index (χ0v) is 15.8. The van der Waals surface area contributed by atoms with E-state index in [0.717, 1.165) is 18.6 Å². The van der Waals surface area contributed by atoms with Crippen LogP contribution >= 0.6 is 0 Å². The average Bonchev–Trinajstić information content (AvgIpc) is 2.96. The number of halogens is 1. The van der Waals surface area contributed by atoms with Gasteiger partial charge in [-0.3, -0.25) is 9.52 Å². The first-order valence-electron chi connectivity index (χ1n) is 8.47. The third kappa shape index (κ3) is 4.20. The van der Waals surface area contributed by atoms with E-state index in [2.05, 4.69) is 9.71 Å². The first-order valence-corrected chi connectivity index (χ1v) is 9.95. The minimum atomic E-state index is -3.89. The first-order chi connectivity index (χ1) is 13.3. The van der Waals surface area contributed by atoms with Crippen molar-refractivity contribution in [3.63, 3.8) is 0 Å². The number of carboxylic acid groups (broad SMARTS) is 1. The van der Waals surface area contributed by atoms with Crippen LogP contribution in [0.4, 0.5) is 10.1 Å². The van der Waals surface area contributed by atoms with Crippen LogP contribution in [0, 0.1) is 5.82 Å². The van der Waals surface area contributed by atoms with Gasteiger partial charge in [-0.2, -0.15) is 0 Å².